The van der Waals surface area contributed by atoms with Gasteiger partial charge in [-0.05, 0) is 35.4 Å². The lowest BCUT2D eigenvalue weighted by Gasteiger charge is -2.07. The smallest absolute Gasteiger partial charge is 0.454 e. The summed E-state index contributed by atoms with van der Waals surface area (Å²) in [5.74, 6) is 2.66. The zero-order valence-corrected chi connectivity index (χ0v) is 12.7. The van der Waals surface area contributed by atoms with E-state index in [1.165, 1.54) is 0 Å². The minimum absolute atomic E-state index is 0.0939. The summed E-state index contributed by atoms with van der Waals surface area (Å²) < 4.78 is 31.2. The Morgan fingerprint density at radius 2 is 1.21 bits per heavy atom. The highest BCUT2D eigenvalue weighted by molar-refractivity contribution is 5.60. The van der Waals surface area contributed by atoms with Gasteiger partial charge in [0.15, 0.2) is 23.0 Å². The van der Waals surface area contributed by atoms with Crippen LogP contribution in [0.15, 0.2) is 36.4 Å². The Morgan fingerprint density at radius 1 is 0.750 bits per heavy atom. The third-order valence-electron chi connectivity index (χ3n) is 3.59. The summed E-state index contributed by atoms with van der Waals surface area (Å²) >= 11 is 0. The highest BCUT2D eigenvalue weighted by Gasteiger charge is 2.15. The van der Waals surface area contributed by atoms with Gasteiger partial charge in [-0.25, -0.2) is 4.79 Å². The first-order chi connectivity index (χ1) is 11.8. The summed E-state index contributed by atoms with van der Waals surface area (Å²) in [6.45, 7) is 0.599. The van der Waals surface area contributed by atoms with Gasteiger partial charge in [-0.1, -0.05) is 12.1 Å². The molecule has 0 N–H and O–H groups in total. The van der Waals surface area contributed by atoms with Crippen molar-refractivity contribution in [2.75, 3.05) is 13.6 Å². The molecule has 0 saturated heterocycles. The minimum atomic E-state index is -0.745. The van der Waals surface area contributed by atoms with Gasteiger partial charge in [0, 0.05) is 0 Å². The third kappa shape index (κ3) is 3.01. The molecule has 7 nitrogen and oxygen atoms in total. The SMILES string of the molecule is O=C(OCc1ccc2c(c1)OCO2)OCc1ccc2c(c1)OCO2. The van der Waals surface area contributed by atoms with Crippen molar-refractivity contribution in [1.29, 1.82) is 0 Å². The number of fused-ring (bicyclic) bond motifs is 2. The zero-order chi connectivity index (χ0) is 16.4. The molecule has 0 fully saturated rings. The van der Waals surface area contributed by atoms with E-state index in [-0.39, 0.29) is 26.8 Å². The first-order valence-electron chi connectivity index (χ1n) is 7.34. The zero-order valence-electron chi connectivity index (χ0n) is 12.7. The first kappa shape index (κ1) is 14.5. The molecule has 0 amide bonds. The largest absolute Gasteiger partial charge is 0.508 e. The van der Waals surface area contributed by atoms with E-state index in [9.17, 15) is 4.79 Å². The molecule has 0 radical (unpaired) electrons. The lowest BCUT2D eigenvalue weighted by atomic mass is 10.2. The fourth-order valence-corrected chi connectivity index (χ4v) is 2.39. The van der Waals surface area contributed by atoms with Gasteiger partial charge >= 0.3 is 6.16 Å². The molecule has 2 aromatic rings. The molecule has 0 atom stereocenters. The summed E-state index contributed by atoms with van der Waals surface area (Å²) in [4.78, 5) is 11.7. The number of ether oxygens (including phenoxy) is 6. The number of carbonyl (C=O) groups excluding carboxylic acids is 1. The van der Waals surface area contributed by atoms with E-state index in [2.05, 4.69) is 0 Å². The molecule has 7 heteroatoms. The molecule has 0 bridgehead atoms. The Balaban J connectivity index is 1.28. The molecule has 0 unspecified atom stereocenters. The molecule has 0 saturated carbocycles. The molecule has 2 aliphatic heterocycles. The molecule has 4 rings (SSSR count). The predicted molar refractivity (Wildman–Crippen MR) is 80.1 cm³/mol. The summed E-state index contributed by atoms with van der Waals surface area (Å²) in [6, 6.07) is 10.7. The van der Waals surface area contributed by atoms with Crippen LogP contribution in [-0.4, -0.2) is 19.7 Å². The van der Waals surface area contributed by atoms with Gasteiger partial charge in [0.1, 0.15) is 13.2 Å². The van der Waals surface area contributed by atoms with Crippen molar-refractivity contribution in [2.24, 2.45) is 0 Å². The summed E-state index contributed by atoms with van der Waals surface area (Å²) in [6.07, 6.45) is -0.745. The molecular formula is C17H14O7. The number of hydrogen-bond acceptors (Lipinski definition) is 7. The maximum atomic E-state index is 11.7. The Bertz CT molecular complexity index is 708. The fraction of sp³-hybridized carbons (Fsp3) is 0.235. The number of benzene rings is 2. The average Bonchev–Trinajstić information content (AvgIpc) is 3.25. The van der Waals surface area contributed by atoms with Crippen LogP contribution in [0.1, 0.15) is 11.1 Å². The summed E-state index contributed by atoms with van der Waals surface area (Å²) in [7, 11) is 0. The van der Waals surface area contributed by atoms with Crippen molar-refractivity contribution in [3.8, 4) is 23.0 Å². The van der Waals surface area contributed by atoms with Crippen molar-refractivity contribution >= 4 is 6.16 Å². The maximum absolute atomic E-state index is 11.7. The Kier molecular flexibility index (Phi) is 3.74. The van der Waals surface area contributed by atoms with Gasteiger partial charge in [-0.2, -0.15) is 0 Å². The van der Waals surface area contributed by atoms with E-state index in [0.29, 0.717) is 23.0 Å². The van der Waals surface area contributed by atoms with E-state index >= 15 is 0 Å². The average molecular weight is 330 g/mol. The van der Waals surface area contributed by atoms with Crippen LogP contribution in [0.3, 0.4) is 0 Å². The summed E-state index contributed by atoms with van der Waals surface area (Å²) in [5, 5.41) is 0. The molecule has 2 heterocycles. The van der Waals surface area contributed by atoms with Crippen LogP contribution < -0.4 is 18.9 Å². The second-order valence-corrected chi connectivity index (χ2v) is 5.20. The Morgan fingerprint density at radius 3 is 1.71 bits per heavy atom. The van der Waals surface area contributed by atoms with Crippen molar-refractivity contribution in [3.63, 3.8) is 0 Å². The van der Waals surface area contributed by atoms with Crippen LogP contribution in [-0.2, 0) is 22.7 Å². The molecule has 124 valence electrons. The second-order valence-electron chi connectivity index (χ2n) is 5.20. The number of rotatable bonds is 4. The standard InChI is InChI=1S/C17H14O7/c18-17(19-7-11-1-3-13-15(5-11)23-9-21-13)20-8-12-2-4-14-16(6-12)24-10-22-14/h1-6H,7-10H2. The van der Waals surface area contributed by atoms with Gasteiger partial charge in [0.05, 0.1) is 0 Å². The molecule has 0 spiro atoms. The topological polar surface area (TPSA) is 72.5 Å². The van der Waals surface area contributed by atoms with E-state index in [4.69, 9.17) is 28.4 Å². The second kappa shape index (κ2) is 6.19. The van der Waals surface area contributed by atoms with E-state index < -0.39 is 6.16 Å². The van der Waals surface area contributed by atoms with Crippen LogP contribution in [0.5, 0.6) is 23.0 Å². The van der Waals surface area contributed by atoms with Crippen LogP contribution in [0.25, 0.3) is 0 Å². The quantitative estimate of drug-likeness (QED) is 0.798. The molecular weight excluding hydrogens is 316 g/mol. The molecule has 2 aromatic carbocycles. The lowest BCUT2D eigenvalue weighted by Crippen LogP contribution is -2.07. The van der Waals surface area contributed by atoms with Gasteiger partial charge in [0.25, 0.3) is 0 Å². The fourth-order valence-electron chi connectivity index (χ4n) is 2.39. The van der Waals surface area contributed by atoms with Crippen LogP contribution in [0.2, 0.25) is 0 Å². The van der Waals surface area contributed by atoms with E-state index in [0.717, 1.165) is 11.1 Å². The predicted octanol–water partition coefficient (Wildman–Crippen LogP) is 3.00. The molecule has 0 aromatic heterocycles. The monoisotopic (exact) mass is 330 g/mol. The van der Waals surface area contributed by atoms with Crippen LogP contribution in [0.4, 0.5) is 4.79 Å². The van der Waals surface area contributed by atoms with Gasteiger partial charge in [-0.15, -0.1) is 0 Å². The normalized spacial score (nSPS) is 13.7. The van der Waals surface area contributed by atoms with Gasteiger partial charge in [0.2, 0.25) is 13.6 Å². The molecule has 0 aliphatic carbocycles. The highest BCUT2D eigenvalue weighted by atomic mass is 16.7. The number of hydrogen-bond donors (Lipinski definition) is 0. The Hall–Kier alpha value is -3.09. The van der Waals surface area contributed by atoms with E-state index in [1.807, 2.05) is 0 Å². The van der Waals surface area contributed by atoms with Gasteiger partial charge < -0.3 is 28.4 Å². The Labute approximate surface area is 137 Å². The molecule has 2 aliphatic rings. The van der Waals surface area contributed by atoms with E-state index in [1.54, 1.807) is 36.4 Å². The molecule has 24 heavy (non-hydrogen) atoms. The van der Waals surface area contributed by atoms with Crippen LogP contribution in [0, 0.1) is 0 Å². The third-order valence-corrected chi connectivity index (χ3v) is 3.59. The maximum Gasteiger partial charge on any atom is 0.508 e. The highest BCUT2D eigenvalue weighted by Crippen LogP contribution is 2.33. The first-order valence-corrected chi connectivity index (χ1v) is 7.34. The van der Waals surface area contributed by atoms with Crippen molar-refractivity contribution in [3.05, 3.63) is 47.5 Å². The summed E-state index contributed by atoms with van der Waals surface area (Å²) in [5.41, 5.74) is 1.58. The minimum Gasteiger partial charge on any atom is -0.454 e. The van der Waals surface area contributed by atoms with Crippen molar-refractivity contribution in [1.82, 2.24) is 0 Å². The van der Waals surface area contributed by atoms with Gasteiger partial charge in [-0.3, -0.25) is 0 Å². The van der Waals surface area contributed by atoms with Crippen LogP contribution >= 0.6 is 0 Å². The van der Waals surface area contributed by atoms with Crippen molar-refractivity contribution < 1.29 is 33.2 Å². The number of carbonyl (C=O) groups is 1. The lowest BCUT2D eigenvalue weighted by molar-refractivity contribution is 0.0445. The van der Waals surface area contributed by atoms with Crippen molar-refractivity contribution in [2.45, 2.75) is 13.2 Å².